The molecule has 4 aromatic carbocycles. The minimum Gasteiger partial charge on any atom is -0.482 e. The summed E-state index contributed by atoms with van der Waals surface area (Å²) >= 11 is 12.2. The van der Waals surface area contributed by atoms with E-state index in [1.54, 1.807) is 36.4 Å². The molecule has 43 heavy (non-hydrogen) atoms. The van der Waals surface area contributed by atoms with Crippen LogP contribution in [0.5, 0.6) is 11.5 Å². The van der Waals surface area contributed by atoms with Crippen molar-refractivity contribution in [1.82, 2.24) is 5.32 Å². The Morgan fingerprint density at radius 3 is 2.40 bits per heavy atom. The molecule has 9 nitrogen and oxygen atoms in total. The monoisotopic (exact) mass is 639 g/mol. The van der Waals surface area contributed by atoms with E-state index >= 15 is 0 Å². The van der Waals surface area contributed by atoms with Crippen molar-refractivity contribution in [3.8, 4) is 11.5 Å². The smallest absolute Gasteiger partial charge is 0.265 e. The highest BCUT2D eigenvalue weighted by molar-refractivity contribution is 7.92. The fourth-order valence-corrected chi connectivity index (χ4v) is 5.92. The van der Waals surface area contributed by atoms with Gasteiger partial charge in [0.2, 0.25) is 0 Å². The number of hydrogen-bond donors (Lipinski definition) is 2. The third-order valence-corrected chi connectivity index (χ3v) is 8.51. The molecule has 1 atom stereocenters. The van der Waals surface area contributed by atoms with Crippen molar-refractivity contribution in [2.75, 3.05) is 29.3 Å². The largest absolute Gasteiger partial charge is 0.482 e. The van der Waals surface area contributed by atoms with Crippen LogP contribution in [0.2, 0.25) is 10.0 Å². The Labute approximate surface area is 259 Å². The van der Waals surface area contributed by atoms with Gasteiger partial charge in [0, 0.05) is 17.3 Å². The summed E-state index contributed by atoms with van der Waals surface area (Å²) in [6.45, 7) is -0.00990. The predicted octanol–water partition coefficient (Wildman–Crippen LogP) is 5.33. The van der Waals surface area contributed by atoms with Gasteiger partial charge in [0.05, 0.1) is 22.2 Å². The van der Waals surface area contributed by atoms with Crippen molar-refractivity contribution in [3.63, 3.8) is 0 Å². The van der Waals surface area contributed by atoms with Crippen LogP contribution in [0.25, 0.3) is 0 Å². The van der Waals surface area contributed by atoms with Gasteiger partial charge in [-0.25, -0.2) is 8.42 Å². The van der Waals surface area contributed by atoms with E-state index in [1.165, 1.54) is 35.2 Å². The highest BCUT2D eigenvalue weighted by Gasteiger charge is 2.34. The molecule has 0 aliphatic carbocycles. The van der Waals surface area contributed by atoms with Crippen LogP contribution in [-0.2, 0) is 26.0 Å². The van der Waals surface area contributed by atoms with Crippen LogP contribution in [0, 0.1) is 0 Å². The Morgan fingerprint density at radius 1 is 0.930 bits per heavy atom. The normalized spacial score (nSPS) is 14.3. The van der Waals surface area contributed by atoms with E-state index in [1.807, 2.05) is 30.3 Å². The number of fused-ring (bicyclic) bond motifs is 1. The van der Waals surface area contributed by atoms with E-state index in [0.29, 0.717) is 35.1 Å². The van der Waals surface area contributed by atoms with Gasteiger partial charge < -0.3 is 19.7 Å². The zero-order valence-electron chi connectivity index (χ0n) is 22.7. The number of halogens is 2. The molecule has 2 amide bonds. The van der Waals surface area contributed by atoms with Crippen LogP contribution >= 0.6 is 23.2 Å². The second-order valence-electron chi connectivity index (χ2n) is 9.60. The maximum Gasteiger partial charge on any atom is 0.265 e. The molecule has 0 spiro atoms. The van der Waals surface area contributed by atoms with E-state index < -0.39 is 28.6 Å². The molecule has 1 heterocycles. The van der Waals surface area contributed by atoms with Crippen LogP contribution in [-0.4, -0.2) is 46.0 Å². The number of ether oxygens (including phenoxy) is 2. The summed E-state index contributed by atoms with van der Waals surface area (Å²) in [7, 11) is -3.94. The molecule has 5 rings (SSSR count). The van der Waals surface area contributed by atoms with Crippen molar-refractivity contribution >= 4 is 56.4 Å². The molecule has 0 unspecified atom stereocenters. The predicted molar refractivity (Wildman–Crippen MR) is 166 cm³/mol. The molecule has 1 aliphatic heterocycles. The molecule has 0 aromatic heterocycles. The van der Waals surface area contributed by atoms with Crippen LogP contribution in [0.15, 0.2) is 102 Å². The molecule has 4 aromatic rings. The molecule has 0 radical (unpaired) electrons. The zero-order chi connectivity index (χ0) is 30.4. The molecule has 0 fully saturated rings. The van der Waals surface area contributed by atoms with E-state index in [2.05, 4.69) is 10.0 Å². The van der Waals surface area contributed by atoms with Gasteiger partial charge in [0.25, 0.3) is 21.8 Å². The lowest BCUT2D eigenvalue weighted by Crippen LogP contribution is -2.52. The lowest BCUT2D eigenvalue weighted by Gasteiger charge is -2.34. The molecule has 1 aliphatic rings. The standard InChI is InChI=1S/C31H27Cl2N3O6S/c32-22-10-12-23(13-11-22)35-43(39,40)24-14-15-27(25(33)18-24)41-20-30(37)36-19-29(42-28-9-5-4-8-26(28)36)31(38)34-17-16-21-6-2-1-3-7-21/h1-15,18,29,35H,16-17,19-20H2,(H,34,38)/t29-/m1/s1. The van der Waals surface area contributed by atoms with E-state index in [-0.39, 0.29) is 28.1 Å². The van der Waals surface area contributed by atoms with Crippen LogP contribution < -0.4 is 24.4 Å². The van der Waals surface area contributed by atoms with Gasteiger partial charge in [-0.2, -0.15) is 0 Å². The average molecular weight is 641 g/mol. The molecule has 2 N–H and O–H groups in total. The van der Waals surface area contributed by atoms with E-state index in [4.69, 9.17) is 32.7 Å². The minimum atomic E-state index is -3.94. The van der Waals surface area contributed by atoms with Crippen LogP contribution in [0.3, 0.4) is 0 Å². The number of para-hydroxylation sites is 2. The SMILES string of the molecule is O=C(NCCc1ccccc1)[C@H]1CN(C(=O)COc2ccc(S(=O)(=O)Nc3ccc(Cl)cc3)cc2Cl)c2ccccc2O1. The number of nitrogens with one attached hydrogen (secondary N) is 2. The summed E-state index contributed by atoms with van der Waals surface area (Å²) in [5, 5.41) is 3.36. The van der Waals surface area contributed by atoms with Gasteiger partial charge in [-0.05, 0) is 66.6 Å². The van der Waals surface area contributed by atoms with Crippen LogP contribution in [0.4, 0.5) is 11.4 Å². The molecular formula is C31H27Cl2N3O6S. The zero-order valence-corrected chi connectivity index (χ0v) is 25.0. The maximum absolute atomic E-state index is 13.3. The number of carbonyl (C=O) groups excluding carboxylic acids is 2. The van der Waals surface area contributed by atoms with Gasteiger partial charge >= 0.3 is 0 Å². The van der Waals surface area contributed by atoms with Gasteiger partial charge in [-0.15, -0.1) is 0 Å². The summed E-state index contributed by atoms with van der Waals surface area (Å²) in [4.78, 5) is 27.6. The Bertz CT molecular complexity index is 1720. The summed E-state index contributed by atoms with van der Waals surface area (Å²) < 4.78 is 39.7. The molecule has 0 bridgehead atoms. The van der Waals surface area contributed by atoms with Crippen molar-refractivity contribution in [1.29, 1.82) is 0 Å². The Hall–Kier alpha value is -4.25. The molecule has 222 valence electrons. The topological polar surface area (TPSA) is 114 Å². The van der Waals surface area contributed by atoms with Gasteiger partial charge in [-0.1, -0.05) is 65.7 Å². The number of rotatable bonds is 10. The minimum absolute atomic E-state index is 0.00447. The van der Waals surface area contributed by atoms with Gasteiger partial charge in [0.1, 0.15) is 11.5 Å². The second kappa shape index (κ2) is 13.4. The first-order valence-corrected chi connectivity index (χ1v) is 15.5. The van der Waals surface area contributed by atoms with Crippen LogP contribution in [0.1, 0.15) is 5.56 Å². The quantitative estimate of drug-likeness (QED) is 0.243. The third-order valence-electron chi connectivity index (χ3n) is 6.58. The second-order valence-corrected chi connectivity index (χ2v) is 12.1. The molecule has 0 saturated heterocycles. The van der Waals surface area contributed by atoms with Crippen molar-refractivity contribution < 1.29 is 27.5 Å². The number of nitrogens with zero attached hydrogens (tertiary/aromatic N) is 1. The fourth-order valence-electron chi connectivity index (χ4n) is 4.41. The Balaban J connectivity index is 1.22. The first-order valence-electron chi connectivity index (χ1n) is 13.3. The first-order chi connectivity index (χ1) is 20.7. The molecular weight excluding hydrogens is 613 g/mol. The lowest BCUT2D eigenvalue weighted by atomic mass is 10.1. The third kappa shape index (κ3) is 7.59. The molecule has 12 heteroatoms. The fraction of sp³-hybridized carbons (Fsp3) is 0.161. The number of hydrogen-bond acceptors (Lipinski definition) is 6. The summed E-state index contributed by atoms with van der Waals surface area (Å²) in [6.07, 6.45) is -0.263. The van der Waals surface area contributed by atoms with E-state index in [0.717, 1.165) is 5.56 Å². The Kier molecular flexibility index (Phi) is 9.40. The number of amides is 2. The lowest BCUT2D eigenvalue weighted by molar-refractivity contribution is -0.128. The average Bonchev–Trinajstić information content (AvgIpc) is 3.01. The number of benzene rings is 4. The first kappa shape index (κ1) is 30.2. The number of carbonyl (C=O) groups is 2. The van der Waals surface area contributed by atoms with Crippen molar-refractivity contribution in [3.05, 3.63) is 113 Å². The van der Waals surface area contributed by atoms with Crippen molar-refractivity contribution in [2.45, 2.75) is 17.4 Å². The highest BCUT2D eigenvalue weighted by atomic mass is 35.5. The van der Waals surface area contributed by atoms with Gasteiger partial charge in [0.15, 0.2) is 12.7 Å². The maximum atomic E-state index is 13.3. The van der Waals surface area contributed by atoms with Gasteiger partial charge in [-0.3, -0.25) is 14.3 Å². The van der Waals surface area contributed by atoms with Crippen molar-refractivity contribution in [2.24, 2.45) is 0 Å². The summed E-state index contributed by atoms with van der Waals surface area (Å²) in [5.41, 5.74) is 1.93. The summed E-state index contributed by atoms with van der Waals surface area (Å²) in [5.74, 6) is -0.255. The highest BCUT2D eigenvalue weighted by Crippen LogP contribution is 2.34. The Morgan fingerprint density at radius 2 is 1.65 bits per heavy atom. The number of sulfonamides is 1. The number of anilines is 2. The molecule has 0 saturated carbocycles. The summed E-state index contributed by atoms with van der Waals surface area (Å²) in [6, 6.07) is 26.8. The van der Waals surface area contributed by atoms with E-state index in [9.17, 15) is 18.0 Å².